The highest BCUT2D eigenvalue weighted by Crippen LogP contribution is 2.02. The number of rotatable bonds is 30. The van der Waals surface area contributed by atoms with Crippen LogP contribution in [0.15, 0.2) is 0 Å². The summed E-state index contributed by atoms with van der Waals surface area (Å²) in [4.78, 5) is 204. The second kappa shape index (κ2) is 32.3. The van der Waals surface area contributed by atoms with E-state index in [1.54, 1.807) is 7.05 Å². The number of likely N-dealkylation sites (N-methyl/N-ethyl adjacent to an activating group) is 15. The Morgan fingerprint density at radius 1 is 0.224 bits per heavy atom. The summed E-state index contributed by atoms with van der Waals surface area (Å²) in [6.07, 6.45) is 0. The van der Waals surface area contributed by atoms with Gasteiger partial charge < -0.3 is 79.0 Å². The molecular formula is C45H77N15O16. The van der Waals surface area contributed by atoms with Gasteiger partial charge in [-0.2, -0.15) is 0 Å². The lowest BCUT2D eigenvalue weighted by atomic mass is 10.3. The van der Waals surface area contributed by atoms with Crippen molar-refractivity contribution in [3.05, 3.63) is 0 Å². The minimum Gasteiger partial charge on any atom is -0.480 e. The van der Waals surface area contributed by atoms with Gasteiger partial charge in [-0.15, -0.1) is 0 Å². The van der Waals surface area contributed by atoms with Gasteiger partial charge in [0.25, 0.3) is 0 Å². The first-order valence-electron chi connectivity index (χ1n) is 23.3. The van der Waals surface area contributed by atoms with Gasteiger partial charge >= 0.3 is 5.97 Å². The van der Waals surface area contributed by atoms with Gasteiger partial charge in [0.1, 0.15) is 6.54 Å². The smallest absolute Gasteiger partial charge is 0.323 e. The molecule has 0 aliphatic carbocycles. The van der Waals surface area contributed by atoms with Crippen LogP contribution in [0.1, 0.15) is 0 Å². The average molecular weight is 1080 g/mol. The molecule has 0 saturated carbocycles. The largest absolute Gasteiger partial charge is 0.480 e. The summed E-state index contributed by atoms with van der Waals surface area (Å²) >= 11 is 0. The molecule has 428 valence electrons. The number of hydrogen-bond acceptors (Lipinski definition) is 16. The fourth-order valence-electron chi connectivity index (χ4n) is 5.93. The Morgan fingerprint density at radius 2 is 0.329 bits per heavy atom. The molecule has 31 nitrogen and oxygen atoms in total. The highest BCUT2D eigenvalue weighted by atomic mass is 16.4. The molecular weight excluding hydrogens is 1010 g/mol. The van der Waals surface area contributed by atoms with Crippen LogP contribution in [-0.4, -0.2) is 366 Å². The fraction of sp³-hybridized carbons (Fsp3) is 0.667. The number of amides is 14. The average Bonchev–Trinajstić information content (AvgIpc) is 3.32. The summed E-state index contributed by atoms with van der Waals surface area (Å²) in [5, 5.41) is 11.5. The van der Waals surface area contributed by atoms with Gasteiger partial charge in [0.2, 0.25) is 82.7 Å². The van der Waals surface area contributed by atoms with Crippen molar-refractivity contribution in [3.8, 4) is 0 Å². The SMILES string of the molecule is CNCC(=O)N(C)CC(=O)N(C)CC(=O)N(C)CC(=O)N(C)CC(=O)N(C)CC(=O)N(C)CC(=O)N(C)CC(=O)N(C)CC(=O)N(C)CC(=O)N(C)CC(=O)N(C)CC(=O)N(C)CC(=O)N(C)CC(=O)N(C)CC(=O)O. The molecule has 0 aromatic carbocycles. The summed E-state index contributed by atoms with van der Waals surface area (Å²) in [6, 6.07) is 0. The molecule has 0 atom stereocenters. The van der Waals surface area contributed by atoms with Crippen LogP contribution >= 0.6 is 0 Å². The van der Waals surface area contributed by atoms with Crippen LogP contribution in [0.4, 0.5) is 0 Å². The van der Waals surface area contributed by atoms with E-state index in [2.05, 4.69) is 5.32 Å². The van der Waals surface area contributed by atoms with Crippen LogP contribution in [0.5, 0.6) is 0 Å². The highest BCUT2D eigenvalue weighted by molar-refractivity contribution is 5.95. The quantitative estimate of drug-likeness (QED) is 0.0675. The van der Waals surface area contributed by atoms with Crippen LogP contribution in [-0.2, 0) is 71.9 Å². The number of carbonyl (C=O) groups is 15. The number of carbonyl (C=O) groups excluding carboxylic acids is 14. The Kier molecular flexibility index (Phi) is 28.9. The molecule has 0 aromatic rings. The number of aliphatic carboxylic acids is 1. The summed E-state index contributed by atoms with van der Waals surface area (Å²) in [6.45, 7) is -6.42. The predicted octanol–water partition coefficient (Wildman–Crippen LogP) is -8.29. The van der Waals surface area contributed by atoms with E-state index >= 15 is 0 Å². The molecule has 2 N–H and O–H groups in total. The summed E-state index contributed by atoms with van der Waals surface area (Å²) in [7, 11) is 20.0. The fourth-order valence-corrected chi connectivity index (χ4v) is 5.93. The number of carboxylic acids is 1. The molecule has 0 aromatic heterocycles. The Hall–Kier alpha value is -7.99. The second-order valence-corrected chi connectivity index (χ2v) is 18.4. The lowest BCUT2D eigenvalue weighted by Crippen LogP contribution is -2.49. The Labute approximate surface area is 442 Å². The molecule has 0 heterocycles. The monoisotopic (exact) mass is 1080 g/mol. The molecule has 0 radical (unpaired) electrons. The first-order valence-corrected chi connectivity index (χ1v) is 23.3. The number of nitrogens with one attached hydrogen (secondary N) is 1. The second-order valence-electron chi connectivity index (χ2n) is 18.4. The normalized spacial score (nSPS) is 10.4. The maximum atomic E-state index is 13.0. The van der Waals surface area contributed by atoms with E-state index in [1.165, 1.54) is 104 Å². The standard InChI is InChI=1S/C45H77N15O16/c1-46-16-31(61)47(2)17-32(62)48(3)18-33(63)49(4)19-34(64)50(5)20-35(65)51(6)21-36(66)52(7)22-37(67)53(8)23-38(68)54(9)24-39(69)55(10)25-40(70)56(11)26-41(71)57(12)27-42(72)58(13)28-43(73)59(14)29-44(74)60(15)30-45(75)76/h46H,16-30H2,1-15H3,(H,75,76). The van der Waals surface area contributed by atoms with Crippen LogP contribution in [0, 0.1) is 0 Å². The zero-order valence-electron chi connectivity index (χ0n) is 46.4. The summed E-state index contributed by atoms with van der Waals surface area (Å²) < 4.78 is 0. The topological polar surface area (TPSA) is 334 Å². The van der Waals surface area contributed by atoms with Crippen molar-refractivity contribution >= 4 is 88.7 Å². The molecule has 31 heteroatoms. The van der Waals surface area contributed by atoms with Gasteiger partial charge in [-0.05, 0) is 7.05 Å². The zero-order valence-corrected chi connectivity index (χ0v) is 46.4. The van der Waals surface area contributed by atoms with E-state index in [9.17, 15) is 71.9 Å². The van der Waals surface area contributed by atoms with Gasteiger partial charge in [0, 0.05) is 98.7 Å². The predicted molar refractivity (Wildman–Crippen MR) is 268 cm³/mol. The van der Waals surface area contributed by atoms with E-state index in [0.717, 1.165) is 63.7 Å². The summed E-state index contributed by atoms with van der Waals surface area (Å²) in [5.74, 6) is -9.80. The Balaban J connectivity index is 4.97. The maximum Gasteiger partial charge on any atom is 0.323 e. The molecule has 0 rings (SSSR count). The number of hydrogen-bond donors (Lipinski definition) is 2. The van der Waals surface area contributed by atoms with Crippen molar-refractivity contribution in [1.29, 1.82) is 0 Å². The number of nitrogens with zero attached hydrogens (tertiary/aromatic N) is 14. The van der Waals surface area contributed by atoms with Crippen molar-refractivity contribution in [2.45, 2.75) is 0 Å². The van der Waals surface area contributed by atoms with Crippen molar-refractivity contribution in [3.63, 3.8) is 0 Å². The minimum atomic E-state index is -1.23. The molecule has 0 bridgehead atoms. The van der Waals surface area contributed by atoms with Crippen LogP contribution in [0.25, 0.3) is 0 Å². The highest BCUT2D eigenvalue weighted by Gasteiger charge is 2.28. The first-order chi connectivity index (χ1) is 35.0. The molecule has 0 fully saturated rings. The Morgan fingerprint density at radius 3 is 0.434 bits per heavy atom. The third-order valence-electron chi connectivity index (χ3n) is 11.5. The van der Waals surface area contributed by atoms with Crippen LogP contribution in [0.2, 0.25) is 0 Å². The van der Waals surface area contributed by atoms with E-state index < -0.39 is 161 Å². The third-order valence-corrected chi connectivity index (χ3v) is 11.5. The molecule has 0 aliphatic heterocycles. The zero-order chi connectivity index (χ0) is 59.1. The minimum absolute atomic E-state index is 0.0262. The van der Waals surface area contributed by atoms with Gasteiger partial charge in [0.15, 0.2) is 0 Å². The van der Waals surface area contributed by atoms with E-state index in [4.69, 9.17) is 5.11 Å². The maximum absolute atomic E-state index is 13.0. The molecule has 0 unspecified atom stereocenters. The van der Waals surface area contributed by atoms with E-state index in [-0.39, 0.29) is 25.5 Å². The van der Waals surface area contributed by atoms with Gasteiger partial charge in [0.05, 0.1) is 91.6 Å². The van der Waals surface area contributed by atoms with Gasteiger partial charge in [-0.1, -0.05) is 0 Å². The molecule has 14 amide bonds. The third kappa shape index (κ3) is 24.4. The molecule has 76 heavy (non-hydrogen) atoms. The van der Waals surface area contributed by atoms with Crippen molar-refractivity contribution < 1.29 is 77.0 Å². The lowest BCUT2D eigenvalue weighted by molar-refractivity contribution is -0.147. The van der Waals surface area contributed by atoms with Crippen molar-refractivity contribution in [2.24, 2.45) is 0 Å². The van der Waals surface area contributed by atoms with Crippen LogP contribution in [0.3, 0.4) is 0 Å². The molecule has 0 spiro atoms. The lowest BCUT2D eigenvalue weighted by Gasteiger charge is -2.28. The van der Waals surface area contributed by atoms with E-state index in [0.29, 0.717) is 0 Å². The van der Waals surface area contributed by atoms with Crippen molar-refractivity contribution in [2.75, 3.05) is 204 Å². The number of carboxylic acid groups (broad SMARTS) is 1. The van der Waals surface area contributed by atoms with Crippen LogP contribution < -0.4 is 5.32 Å². The Bertz CT molecular complexity index is 2180. The summed E-state index contributed by atoms with van der Waals surface area (Å²) in [5.41, 5.74) is 0. The first kappa shape index (κ1) is 68.0. The van der Waals surface area contributed by atoms with Gasteiger partial charge in [-0.3, -0.25) is 71.9 Å². The molecule has 0 aliphatic rings. The molecule has 0 saturated heterocycles. The van der Waals surface area contributed by atoms with Crippen molar-refractivity contribution in [1.82, 2.24) is 73.9 Å². The van der Waals surface area contributed by atoms with E-state index in [1.807, 2.05) is 0 Å². The van der Waals surface area contributed by atoms with Gasteiger partial charge in [-0.25, -0.2) is 0 Å².